The maximum Gasteiger partial charge on any atom is 0.307 e. The largest absolute Gasteiger partial charge is 0.481 e. The second-order valence-electron chi connectivity index (χ2n) is 3.70. The summed E-state index contributed by atoms with van der Waals surface area (Å²) in [4.78, 5) is 10.8. The summed E-state index contributed by atoms with van der Waals surface area (Å²) < 4.78 is 0. The first-order valence-corrected chi connectivity index (χ1v) is 5.13. The summed E-state index contributed by atoms with van der Waals surface area (Å²) in [6.45, 7) is 0.368. The maximum absolute atomic E-state index is 10.8. The van der Waals surface area contributed by atoms with Crippen LogP contribution in [-0.2, 0) is 17.8 Å². The Morgan fingerprint density at radius 2 is 1.94 bits per heavy atom. The monoisotopic (exact) mass is 215 g/mol. The van der Waals surface area contributed by atoms with Gasteiger partial charge in [0.2, 0.25) is 0 Å². The number of rotatable bonds is 3. The molecule has 3 heteroatoms. The molecule has 0 saturated carbocycles. The zero-order valence-electron chi connectivity index (χ0n) is 8.81. The first-order chi connectivity index (χ1) is 7.72. The highest BCUT2D eigenvalue weighted by molar-refractivity contribution is 5.89. The fraction of sp³-hybridized carbons (Fsp3) is 0.154. The van der Waals surface area contributed by atoms with Crippen LogP contribution in [0.3, 0.4) is 0 Å². The van der Waals surface area contributed by atoms with Crippen molar-refractivity contribution in [2.45, 2.75) is 13.0 Å². The SMILES string of the molecule is NCc1ccc2ccccc2c1CC(=O)O. The molecule has 2 aromatic carbocycles. The van der Waals surface area contributed by atoms with Crippen molar-refractivity contribution in [2.75, 3.05) is 0 Å². The molecule has 3 nitrogen and oxygen atoms in total. The van der Waals surface area contributed by atoms with Crippen LogP contribution in [0.5, 0.6) is 0 Å². The number of aliphatic carboxylic acids is 1. The highest BCUT2D eigenvalue weighted by atomic mass is 16.4. The Labute approximate surface area is 93.5 Å². The number of fused-ring (bicyclic) bond motifs is 1. The number of carboxylic acids is 1. The van der Waals surface area contributed by atoms with E-state index in [2.05, 4.69) is 0 Å². The molecule has 0 unspecified atom stereocenters. The maximum atomic E-state index is 10.8. The molecule has 0 aliphatic carbocycles. The summed E-state index contributed by atoms with van der Waals surface area (Å²) in [5.74, 6) is -0.828. The first kappa shape index (κ1) is 10.6. The highest BCUT2D eigenvalue weighted by Crippen LogP contribution is 2.22. The molecular weight excluding hydrogens is 202 g/mol. The number of hydrogen-bond acceptors (Lipinski definition) is 2. The van der Waals surface area contributed by atoms with Crippen LogP contribution in [0.15, 0.2) is 36.4 Å². The van der Waals surface area contributed by atoms with Gasteiger partial charge in [0, 0.05) is 6.54 Å². The molecule has 0 spiro atoms. The number of carboxylic acid groups (broad SMARTS) is 1. The summed E-state index contributed by atoms with van der Waals surface area (Å²) in [5.41, 5.74) is 7.36. The molecular formula is C13H13NO2. The molecule has 0 radical (unpaired) electrons. The van der Waals surface area contributed by atoms with E-state index in [1.54, 1.807) is 0 Å². The topological polar surface area (TPSA) is 63.3 Å². The third-order valence-corrected chi connectivity index (χ3v) is 2.69. The Kier molecular flexibility index (Phi) is 2.88. The molecule has 16 heavy (non-hydrogen) atoms. The van der Waals surface area contributed by atoms with Crippen molar-refractivity contribution in [1.29, 1.82) is 0 Å². The summed E-state index contributed by atoms with van der Waals surface area (Å²) in [6.07, 6.45) is 0.0217. The highest BCUT2D eigenvalue weighted by Gasteiger charge is 2.09. The van der Waals surface area contributed by atoms with E-state index in [0.29, 0.717) is 6.54 Å². The van der Waals surface area contributed by atoms with Crippen LogP contribution >= 0.6 is 0 Å². The molecule has 0 aliphatic heterocycles. The lowest BCUT2D eigenvalue weighted by molar-refractivity contribution is -0.136. The minimum Gasteiger partial charge on any atom is -0.481 e. The van der Waals surface area contributed by atoms with Crippen LogP contribution < -0.4 is 5.73 Å². The zero-order valence-corrected chi connectivity index (χ0v) is 8.81. The fourth-order valence-electron chi connectivity index (χ4n) is 1.93. The third-order valence-electron chi connectivity index (χ3n) is 2.69. The van der Waals surface area contributed by atoms with Gasteiger partial charge in [0.05, 0.1) is 6.42 Å². The molecule has 0 atom stereocenters. The number of hydrogen-bond donors (Lipinski definition) is 2. The van der Waals surface area contributed by atoms with Gasteiger partial charge in [0.25, 0.3) is 0 Å². The Morgan fingerprint density at radius 3 is 2.62 bits per heavy atom. The standard InChI is InChI=1S/C13H13NO2/c14-8-10-6-5-9-3-1-2-4-11(9)12(10)7-13(15)16/h1-6H,7-8,14H2,(H,15,16). The van der Waals surface area contributed by atoms with Gasteiger partial charge in [-0.15, -0.1) is 0 Å². The molecule has 82 valence electrons. The average Bonchev–Trinajstić information content (AvgIpc) is 2.29. The quantitative estimate of drug-likeness (QED) is 0.822. The molecule has 0 heterocycles. The lowest BCUT2D eigenvalue weighted by Gasteiger charge is -2.09. The molecule has 0 saturated heterocycles. The Balaban J connectivity index is 2.67. The molecule has 2 rings (SSSR count). The first-order valence-electron chi connectivity index (χ1n) is 5.13. The molecule has 0 aromatic heterocycles. The van der Waals surface area contributed by atoms with Crippen molar-refractivity contribution >= 4 is 16.7 Å². The lowest BCUT2D eigenvalue weighted by atomic mass is 9.96. The zero-order chi connectivity index (χ0) is 11.5. The van der Waals surface area contributed by atoms with Gasteiger partial charge >= 0.3 is 5.97 Å². The van der Waals surface area contributed by atoms with Gasteiger partial charge in [0.1, 0.15) is 0 Å². The number of benzene rings is 2. The van der Waals surface area contributed by atoms with Crippen LogP contribution in [-0.4, -0.2) is 11.1 Å². The number of nitrogens with two attached hydrogens (primary N) is 1. The van der Waals surface area contributed by atoms with Gasteiger partial charge < -0.3 is 10.8 Å². The van der Waals surface area contributed by atoms with E-state index < -0.39 is 5.97 Å². The van der Waals surface area contributed by atoms with Crippen molar-refractivity contribution in [3.63, 3.8) is 0 Å². The van der Waals surface area contributed by atoms with Crippen molar-refractivity contribution in [3.05, 3.63) is 47.5 Å². The van der Waals surface area contributed by atoms with Crippen LogP contribution in [0.4, 0.5) is 0 Å². The fourth-order valence-corrected chi connectivity index (χ4v) is 1.93. The van der Waals surface area contributed by atoms with Crippen LogP contribution in [0, 0.1) is 0 Å². The summed E-state index contributed by atoms with van der Waals surface area (Å²) in [5, 5.41) is 10.9. The van der Waals surface area contributed by atoms with Crippen molar-refractivity contribution in [3.8, 4) is 0 Å². The van der Waals surface area contributed by atoms with Crippen LogP contribution in [0.2, 0.25) is 0 Å². The Morgan fingerprint density at radius 1 is 1.19 bits per heavy atom. The molecule has 2 aromatic rings. The number of carbonyl (C=O) groups is 1. The van der Waals surface area contributed by atoms with Gasteiger partial charge in [0.15, 0.2) is 0 Å². The summed E-state index contributed by atoms with van der Waals surface area (Å²) in [6, 6.07) is 11.6. The van der Waals surface area contributed by atoms with Gasteiger partial charge in [-0.25, -0.2) is 0 Å². The second-order valence-corrected chi connectivity index (χ2v) is 3.70. The van der Waals surface area contributed by atoms with Crippen molar-refractivity contribution < 1.29 is 9.90 Å². The lowest BCUT2D eigenvalue weighted by Crippen LogP contribution is -2.07. The second kappa shape index (κ2) is 4.33. The van der Waals surface area contributed by atoms with E-state index in [-0.39, 0.29) is 6.42 Å². The van der Waals surface area contributed by atoms with Gasteiger partial charge in [-0.2, -0.15) is 0 Å². The van der Waals surface area contributed by atoms with E-state index in [1.165, 1.54) is 0 Å². The van der Waals surface area contributed by atoms with E-state index in [0.717, 1.165) is 21.9 Å². The summed E-state index contributed by atoms with van der Waals surface area (Å²) >= 11 is 0. The minimum absolute atomic E-state index is 0.0217. The minimum atomic E-state index is -0.828. The molecule has 0 bridgehead atoms. The van der Waals surface area contributed by atoms with Gasteiger partial charge in [-0.05, 0) is 21.9 Å². The smallest absolute Gasteiger partial charge is 0.307 e. The molecule has 0 fully saturated rings. The van der Waals surface area contributed by atoms with Gasteiger partial charge in [-0.1, -0.05) is 36.4 Å². The van der Waals surface area contributed by atoms with Crippen LogP contribution in [0.25, 0.3) is 10.8 Å². The van der Waals surface area contributed by atoms with Crippen molar-refractivity contribution in [1.82, 2.24) is 0 Å². The molecule has 3 N–H and O–H groups in total. The van der Waals surface area contributed by atoms with Gasteiger partial charge in [-0.3, -0.25) is 4.79 Å². The predicted octanol–water partition coefficient (Wildman–Crippen LogP) is 1.93. The van der Waals surface area contributed by atoms with Crippen LogP contribution in [0.1, 0.15) is 11.1 Å². The van der Waals surface area contributed by atoms with E-state index in [9.17, 15) is 4.79 Å². The molecule has 0 amide bonds. The Hall–Kier alpha value is -1.87. The van der Waals surface area contributed by atoms with E-state index in [4.69, 9.17) is 10.8 Å². The van der Waals surface area contributed by atoms with Crippen molar-refractivity contribution in [2.24, 2.45) is 5.73 Å². The van der Waals surface area contributed by atoms with E-state index in [1.807, 2.05) is 36.4 Å². The normalized spacial score (nSPS) is 10.6. The third kappa shape index (κ3) is 1.90. The van der Waals surface area contributed by atoms with E-state index >= 15 is 0 Å². The summed E-state index contributed by atoms with van der Waals surface area (Å²) in [7, 11) is 0. The predicted molar refractivity (Wildman–Crippen MR) is 63.2 cm³/mol. The Bertz CT molecular complexity index is 534. The molecule has 0 aliphatic rings. The average molecular weight is 215 g/mol.